The number of carboxylic acids is 1. The van der Waals surface area contributed by atoms with Crippen LogP contribution in [0.4, 0.5) is 0 Å². The molecule has 1 fully saturated rings. The summed E-state index contributed by atoms with van der Waals surface area (Å²) in [6.45, 7) is 0.640. The van der Waals surface area contributed by atoms with Crippen LogP contribution in [0.15, 0.2) is 42.5 Å². The molecular weight excluding hydrogens is 441 g/mol. The lowest BCUT2D eigenvalue weighted by molar-refractivity contribution is -0.139. The smallest absolute Gasteiger partial charge is 0.341 e. The second kappa shape index (κ2) is 10.7. The molecule has 4 nitrogen and oxygen atoms in total. The molecule has 0 unspecified atom stereocenters. The number of hydrogen-bond donors (Lipinski definition) is 1. The molecule has 0 spiro atoms. The van der Waals surface area contributed by atoms with E-state index >= 15 is 0 Å². The van der Waals surface area contributed by atoms with Gasteiger partial charge in [-0.2, -0.15) is 0 Å². The standard InChI is InChI=1S/C8H6Cl2O3.C7H8OP2S2/c9-5-1-2-7(6(10)3-5)13-4-8(11)12;1-8-6-2-4-7(5-3-6)10-11-9-12-10/h1-3H,4H2,(H,11,12);2-5,9H,1H3. The van der Waals surface area contributed by atoms with Crippen molar-refractivity contribution < 1.29 is 19.4 Å². The fraction of sp³-hybridized carbons (Fsp3) is 0.133. The summed E-state index contributed by atoms with van der Waals surface area (Å²) >= 11 is 15.5. The van der Waals surface area contributed by atoms with E-state index in [9.17, 15) is 4.79 Å². The zero-order chi connectivity index (χ0) is 18.2. The number of ether oxygens (including phenoxy) is 2. The monoisotopic (exact) mass is 454 g/mol. The van der Waals surface area contributed by atoms with Crippen molar-refractivity contribution in [2.45, 2.75) is 0 Å². The maximum atomic E-state index is 10.2. The lowest BCUT2D eigenvalue weighted by Crippen LogP contribution is -2.09. The van der Waals surface area contributed by atoms with Gasteiger partial charge in [0, 0.05) is 12.0 Å². The van der Waals surface area contributed by atoms with Crippen LogP contribution in [0.2, 0.25) is 10.0 Å². The number of carbonyl (C=O) groups is 1. The third kappa shape index (κ3) is 7.05. The Balaban J connectivity index is 0.000000181. The Labute approximate surface area is 166 Å². The van der Waals surface area contributed by atoms with E-state index in [0.717, 1.165) is 12.7 Å². The average molecular weight is 455 g/mol. The molecule has 0 aromatic heterocycles. The first kappa shape index (κ1) is 21.0. The molecule has 1 saturated heterocycles. The average Bonchev–Trinajstić information content (AvgIpc) is 2.54. The van der Waals surface area contributed by atoms with Crippen molar-refractivity contribution >= 4 is 69.8 Å². The molecule has 0 saturated carbocycles. The van der Waals surface area contributed by atoms with Gasteiger partial charge in [-0.15, -0.1) is 0 Å². The Morgan fingerprint density at radius 2 is 1.88 bits per heavy atom. The molecule has 1 aliphatic rings. The highest BCUT2D eigenvalue weighted by molar-refractivity contribution is 9.33. The number of benzene rings is 2. The van der Waals surface area contributed by atoms with E-state index in [1.54, 1.807) is 13.2 Å². The first-order valence-electron chi connectivity index (χ1n) is 6.82. The number of hydrogen-bond acceptors (Lipinski definition) is 5. The first-order chi connectivity index (χ1) is 12.0. The van der Waals surface area contributed by atoms with Crippen LogP contribution in [0.1, 0.15) is 0 Å². The van der Waals surface area contributed by atoms with Crippen molar-refractivity contribution in [2.75, 3.05) is 13.7 Å². The van der Waals surface area contributed by atoms with Gasteiger partial charge in [0.25, 0.3) is 0 Å². The van der Waals surface area contributed by atoms with E-state index in [1.807, 2.05) is 12.1 Å². The third-order valence-electron chi connectivity index (χ3n) is 2.77. The molecule has 0 atom stereocenters. The van der Waals surface area contributed by atoms with Gasteiger partial charge in [0.2, 0.25) is 0 Å². The minimum Gasteiger partial charge on any atom is -0.497 e. The highest BCUT2D eigenvalue weighted by Gasteiger charge is 2.21. The van der Waals surface area contributed by atoms with Gasteiger partial charge in [-0.1, -0.05) is 45.2 Å². The Morgan fingerprint density at radius 1 is 1.20 bits per heavy atom. The summed E-state index contributed by atoms with van der Waals surface area (Å²) in [7, 11) is 1.70. The highest BCUT2D eigenvalue weighted by atomic mass is 35.5. The molecule has 1 heterocycles. The van der Waals surface area contributed by atoms with Crippen LogP contribution in [0.5, 0.6) is 11.5 Å². The van der Waals surface area contributed by atoms with Crippen molar-refractivity contribution in [3.05, 3.63) is 52.5 Å². The highest BCUT2D eigenvalue weighted by Crippen LogP contribution is 2.86. The molecule has 0 bridgehead atoms. The summed E-state index contributed by atoms with van der Waals surface area (Å²) in [6, 6.07) is 13.0. The Hall–Kier alpha value is -0.350. The minimum absolute atomic E-state index is 0.0798. The Bertz CT molecular complexity index is 715. The number of rotatable bonds is 5. The molecule has 2 aromatic carbocycles. The molecule has 134 valence electrons. The molecule has 2 aromatic rings. The van der Waals surface area contributed by atoms with Crippen LogP contribution in [0, 0.1) is 0 Å². The fourth-order valence-electron chi connectivity index (χ4n) is 1.62. The maximum absolute atomic E-state index is 10.2. The van der Waals surface area contributed by atoms with Crippen molar-refractivity contribution in [3.8, 4) is 11.5 Å². The Morgan fingerprint density at radius 3 is 2.36 bits per heavy atom. The van der Waals surface area contributed by atoms with Crippen LogP contribution in [-0.2, 0) is 4.79 Å². The zero-order valence-electron chi connectivity index (χ0n) is 12.9. The van der Waals surface area contributed by atoms with Gasteiger partial charge >= 0.3 is 5.97 Å². The summed E-state index contributed by atoms with van der Waals surface area (Å²) in [5.74, 6) is 0.214. The van der Waals surface area contributed by atoms with Gasteiger partial charge in [-0.25, -0.2) is 4.79 Å². The fourth-order valence-corrected chi connectivity index (χ4v) is 11.9. The van der Waals surface area contributed by atoms with Crippen LogP contribution >= 0.6 is 58.5 Å². The van der Waals surface area contributed by atoms with Crippen LogP contribution in [-0.4, -0.2) is 24.8 Å². The second-order valence-electron chi connectivity index (χ2n) is 4.48. The van der Waals surface area contributed by atoms with Crippen LogP contribution in [0.25, 0.3) is 0 Å². The van der Waals surface area contributed by atoms with Gasteiger partial charge in [-0.3, -0.25) is 0 Å². The number of halogens is 2. The predicted molar refractivity (Wildman–Crippen MR) is 113 cm³/mol. The van der Waals surface area contributed by atoms with Gasteiger partial charge in [0.05, 0.1) is 18.5 Å². The maximum Gasteiger partial charge on any atom is 0.341 e. The lowest BCUT2D eigenvalue weighted by atomic mass is 10.3. The van der Waals surface area contributed by atoms with Crippen LogP contribution < -0.4 is 14.8 Å². The molecule has 0 aliphatic carbocycles. The minimum atomic E-state index is -1.05. The third-order valence-corrected chi connectivity index (χ3v) is 19.6. The van der Waals surface area contributed by atoms with Gasteiger partial charge < -0.3 is 14.6 Å². The molecule has 25 heavy (non-hydrogen) atoms. The molecule has 0 radical (unpaired) electrons. The van der Waals surface area contributed by atoms with Crippen molar-refractivity contribution in [1.29, 1.82) is 0 Å². The van der Waals surface area contributed by atoms with E-state index < -0.39 is 12.6 Å². The number of carboxylic acid groups (broad SMARTS) is 1. The van der Waals surface area contributed by atoms with Gasteiger partial charge in [0.15, 0.2) is 6.61 Å². The number of aliphatic carboxylic acids is 1. The second-order valence-corrected chi connectivity index (χ2v) is 16.2. The SMILES string of the molecule is COc1ccc(P2SPS2)cc1.O=C(O)COc1ccc(Cl)cc1Cl. The summed E-state index contributed by atoms with van der Waals surface area (Å²) in [5.41, 5.74) is 0. The van der Waals surface area contributed by atoms with E-state index in [1.165, 1.54) is 17.4 Å². The first-order valence-corrected chi connectivity index (χ1v) is 14.2. The number of methoxy groups -OCH3 is 1. The summed E-state index contributed by atoms with van der Waals surface area (Å²) in [6.07, 6.45) is 0.0798. The molecular formula is C15H14Cl2O4P2S2. The zero-order valence-corrected chi connectivity index (χ0v) is 18.0. The summed E-state index contributed by atoms with van der Waals surface area (Å²) in [5, 5.41) is 10.6. The largest absolute Gasteiger partial charge is 0.497 e. The van der Waals surface area contributed by atoms with Crippen LogP contribution in [0.3, 0.4) is 0 Å². The molecule has 10 heteroatoms. The van der Waals surface area contributed by atoms with Crippen molar-refractivity contribution in [3.63, 3.8) is 0 Å². The predicted octanol–water partition coefficient (Wildman–Crippen LogP) is 6.08. The van der Waals surface area contributed by atoms with E-state index in [2.05, 4.69) is 34.1 Å². The van der Waals surface area contributed by atoms with Crippen molar-refractivity contribution in [2.24, 2.45) is 0 Å². The molecule has 1 N–H and O–H groups in total. The topological polar surface area (TPSA) is 55.8 Å². The lowest BCUT2D eigenvalue weighted by Gasteiger charge is -2.23. The molecule has 0 amide bonds. The Kier molecular flexibility index (Phi) is 8.98. The normalized spacial score (nSPS) is 16.4. The van der Waals surface area contributed by atoms with E-state index in [4.69, 9.17) is 37.8 Å². The molecule has 1 aliphatic heterocycles. The van der Waals surface area contributed by atoms with E-state index in [-0.39, 0.29) is 6.33 Å². The van der Waals surface area contributed by atoms with Crippen molar-refractivity contribution in [1.82, 2.24) is 0 Å². The van der Waals surface area contributed by atoms with E-state index in [0.29, 0.717) is 15.8 Å². The van der Waals surface area contributed by atoms with Gasteiger partial charge in [-0.05, 0) is 47.8 Å². The molecule has 3 rings (SSSR count). The summed E-state index contributed by atoms with van der Waals surface area (Å²) in [4.78, 5) is 10.2. The quantitative estimate of drug-likeness (QED) is 0.552. The summed E-state index contributed by atoms with van der Waals surface area (Å²) < 4.78 is 9.96. The van der Waals surface area contributed by atoms with Gasteiger partial charge in [0.1, 0.15) is 11.5 Å².